The van der Waals surface area contributed by atoms with E-state index in [1.165, 1.54) is 35.6 Å². The molecule has 94 valence electrons. The Hall–Kier alpha value is -0.540. The fourth-order valence-electron chi connectivity index (χ4n) is 1.62. The molecule has 3 heteroatoms. The molecule has 0 spiro atoms. The second-order valence-electron chi connectivity index (χ2n) is 5.15. The Morgan fingerprint density at radius 1 is 1.47 bits per heavy atom. The summed E-state index contributed by atoms with van der Waals surface area (Å²) in [6, 6.07) is 5.00. The summed E-state index contributed by atoms with van der Waals surface area (Å²) in [5.74, 6) is 1.95. The zero-order valence-corrected chi connectivity index (χ0v) is 11.6. The van der Waals surface area contributed by atoms with Crippen molar-refractivity contribution in [1.82, 2.24) is 10.3 Å². The monoisotopic (exact) mass is 250 g/mol. The third kappa shape index (κ3) is 4.68. The molecule has 0 aromatic carbocycles. The summed E-state index contributed by atoms with van der Waals surface area (Å²) < 4.78 is 0. The summed E-state index contributed by atoms with van der Waals surface area (Å²) >= 11 is 1.90. The molecule has 0 atom stereocenters. The van der Waals surface area contributed by atoms with E-state index < -0.39 is 0 Å². The van der Waals surface area contributed by atoms with Crippen LogP contribution >= 0.6 is 11.8 Å². The van der Waals surface area contributed by atoms with Crippen LogP contribution in [0.3, 0.4) is 0 Å². The zero-order chi connectivity index (χ0) is 12.1. The van der Waals surface area contributed by atoms with E-state index in [2.05, 4.69) is 30.2 Å². The average Bonchev–Trinajstić information content (AvgIpc) is 3.11. The molecule has 0 amide bonds. The number of nitrogens with one attached hydrogen (secondary N) is 1. The smallest absolute Gasteiger partial charge is 0.100 e. The third-order valence-corrected chi connectivity index (χ3v) is 4.02. The van der Waals surface area contributed by atoms with E-state index in [4.69, 9.17) is 0 Å². The Bertz CT molecular complexity index is 348. The summed E-state index contributed by atoms with van der Waals surface area (Å²) in [5, 5.41) is 4.77. The fourth-order valence-corrected chi connectivity index (χ4v) is 2.87. The van der Waals surface area contributed by atoms with Crippen LogP contribution in [0.2, 0.25) is 0 Å². The maximum atomic E-state index is 4.50. The van der Waals surface area contributed by atoms with Crippen LogP contribution in [0.4, 0.5) is 0 Å². The minimum atomic E-state index is 0.767. The Balaban J connectivity index is 1.85. The van der Waals surface area contributed by atoms with Crippen LogP contribution in [0.5, 0.6) is 0 Å². The summed E-state index contributed by atoms with van der Waals surface area (Å²) in [7, 11) is 0. The zero-order valence-electron chi connectivity index (χ0n) is 10.8. The number of hydrogen-bond acceptors (Lipinski definition) is 3. The third-order valence-electron chi connectivity index (χ3n) is 2.94. The minimum absolute atomic E-state index is 0.767. The van der Waals surface area contributed by atoms with E-state index in [0.717, 1.165) is 18.5 Å². The number of nitrogens with zero attached hydrogens (tertiary/aromatic N) is 1. The summed E-state index contributed by atoms with van der Waals surface area (Å²) in [5.41, 5.74) is 1.35. The van der Waals surface area contributed by atoms with Gasteiger partial charge in [0, 0.05) is 18.8 Å². The van der Waals surface area contributed by atoms with Crippen LogP contribution in [0, 0.1) is 5.92 Å². The average molecular weight is 250 g/mol. The molecular formula is C14H22N2S. The SMILES string of the molecule is CC(C)CCSc1ncccc1CNC1CC1. The highest BCUT2D eigenvalue weighted by Gasteiger charge is 2.20. The second kappa shape index (κ2) is 6.41. The number of thioether (sulfide) groups is 1. The van der Waals surface area contributed by atoms with Crippen LogP contribution in [-0.2, 0) is 6.54 Å². The minimum Gasteiger partial charge on any atom is -0.310 e. The van der Waals surface area contributed by atoms with Gasteiger partial charge in [-0.25, -0.2) is 4.98 Å². The Morgan fingerprint density at radius 2 is 2.29 bits per heavy atom. The van der Waals surface area contributed by atoms with E-state index in [-0.39, 0.29) is 0 Å². The van der Waals surface area contributed by atoms with Gasteiger partial charge < -0.3 is 5.32 Å². The molecule has 2 rings (SSSR count). The number of hydrogen-bond donors (Lipinski definition) is 1. The van der Waals surface area contributed by atoms with Crippen LogP contribution in [0.25, 0.3) is 0 Å². The molecule has 2 nitrogen and oxygen atoms in total. The molecule has 1 aliphatic rings. The topological polar surface area (TPSA) is 24.9 Å². The predicted molar refractivity (Wildman–Crippen MR) is 74.3 cm³/mol. The van der Waals surface area contributed by atoms with Gasteiger partial charge in [0.1, 0.15) is 5.03 Å². The van der Waals surface area contributed by atoms with Crippen LogP contribution in [-0.4, -0.2) is 16.8 Å². The second-order valence-corrected chi connectivity index (χ2v) is 6.24. The van der Waals surface area contributed by atoms with Gasteiger partial charge in [-0.1, -0.05) is 19.9 Å². The van der Waals surface area contributed by atoms with Crippen LogP contribution in [0.15, 0.2) is 23.4 Å². The lowest BCUT2D eigenvalue weighted by Crippen LogP contribution is -2.16. The van der Waals surface area contributed by atoms with E-state index in [9.17, 15) is 0 Å². The number of pyridine rings is 1. The molecule has 0 radical (unpaired) electrons. The first-order valence-electron chi connectivity index (χ1n) is 6.56. The van der Waals surface area contributed by atoms with Gasteiger partial charge in [0.05, 0.1) is 0 Å². The molecule has 0 saturated heterocycles. The highest BCUT2D eigenvalue weighted by atomic mass is 32.2. The summed E-state index contributed by atoms with van der Waals surface area (Å²) in [4.78, 5) is 4.50. The highest BCUT2D eigenvalue weighted by Crippen LogP contribution is 2.24. The quantitative estimate of drug-likeness (QED) is 0.750. The van der Waals surface area contributed by atoms with Crippen molar-refractivity contribution in [3.8, 4) is 0 Å². The van der Waals surface area contributed by atoms with E-state index in [0.29, 0.717) is 0 Å². The molecule has 1 aliphatic carbocycles. The van der Waals surface area contributed by atoms with Gasteiger partial charge in [0.25, 0.3) is 0 Å². The molecule has 1 saturated carbocycles. The lowest BCUT2D eigenvalue weighted by Gasteiger charge is -2.09. The van der Waals surface area contributed by atoms with Gasteiger partial charge in [-0.05, 0) is 42.6 Å². The normalized spacial score (nSPS) is 15.5. The lowest BCUT2D eigenvalue weighted by molar-refractivity contribution is 0.631. The van der Waals surface area contributed by atoms with Crippen molar-refractivity contribution in [2.45, 2.75) is 50.7 Å². The van der Waals surface area contributed by atoms with Crippen molar-refractivity contribution in [3.05, 3.63) is 23.9 Å². The van der Waals surface area contributed by atoms with Gasteiger partial charge >= 0.3 is 0 Å². The van der Waals surface area contributed by atoms with E-state index in [1.54, 1.807) is 0 Å². The van der Waals surface area contributed by atoms with Crippen molar-refractivity contribution >= 4 is 11.8 Å². The van der Waals surface area contributed by atoms with Crippen LogP contribution < -0.4 is 5.32 Å². The van der Waals surface area contributed by atoms with E-state index in [1.807, 2.05) is 24.0 Å². The molecule has 1 aromatic rings. The van der Waals surface area contributed by atoms with Gasteiger partial charge in [-0.15, -0.1) is 11.8 Å². The molecular weight excluding hydrogens is 228 g/mol. The van der Waals surface area contributed by atoms with Crippen molar-refractivity contribution < 1.29 is 0 Å². The van der Waals surface area contributed by atoms with Crippen molar-refractivity contribution in [2.75, 3.05) is 5.75 Å². The van der Waals surface area contributed by atoms with Gasteiger partial charge in [-0.3, -0.25) is 0 Å². The fraction of sp³-hybridized carbons (Fsp3) is 0.643. The van der Waals surface area contributed by atoms with Gasteiger partial charge in [0.2, 0.25) is 0 Å². The number of rotatable bonds is 7. The Kier molecular flexibility index (Phi) is 4.86. The largest absolute Gasteiger partial charge is 0.310 e. The maximum absolute atomic E-state index is 4.50. The first kappa shape index (κ1) is 12.9. The first-order valence-corrected chi connectivity index (χ1v) is 7.54. The lowest BCUT2D eigenvalue weighted by atomic mass is 10.2. The molecule has 1 heterocycles. The maximum Gasteiger partial charge on any atom is 0.100 e. The standard InChI is InChI=1S/C14H22N2S/c1-11(2)7-9-17-14-12(4-3-8-15-14)10-16-13-5-6-13/h3-4,8,11,13,16H,5-7,9-10H2,1-2H3. The molecule has 0 aliphatic heterocycles. The van der Waals surface area contributed by atoms with Crippen molar-refractivity contribution in [2.24, 2.45) is 5.92 Å². The van der Waals surface area contributed by atoms with Gasteiger partial charge in [-0.2, -0.15) is 0 Å². The van der Waals surface area contributed by atoms with Crippen molar-refractivity contribution in [3.63, 3.8) is 0 Å². The summed E-state index contributed by atoms with van der Waals surface area (Å²) in [6.45, 7) is 5.52. The van der Waals surface area contributed by atoms with Crippen molar-refractivity contribution in [1.29, 1.82) is 0 Å². The predicted octanol–water partition coefficient (Wildman–Crippen LogP) is 3.47. The van der Waals surface area contributed by atoms with Crippen LogP contribution in [0.1, 0.15) is 38.7 Å². The number of aromatic nitrogens is 1. The molecule has 0 unspecified atom stereocenters. The van der Waals surface area contributed by atoms with Gasteiger partial charge in [0.15, 0.2) is 0 Å². The summed E-state index contributed by atoms with van der Waals surface area (Å²) in [6.07, 6.45) is 5.85. The van der Waals surface area contributed by atoms with E-state index >= 15 is 0 Å². The molecule has 0 bridgehead atoms. The molecule has 1 N–H and O–H groups in total. The highest BCUT2D eigenvalue weighted by molar-refractivity contribution is 7.99. The first-order chi connectivity index (χ1) is 8.25. The molecule has 17 heavy (non-hydrogen) atoms. The Morgan fingerprint density at radius 3 is 3.00 bits per heavy atom. The molecule has 1 fully saturated rings. The Labute approximate surface area is 109 Å². The molecule has 1 aromatic heterocycles.